The summed E-state index contributed by atoms with van der Waals surface area (Å²) in [7, 11) is 1.75. The van der Waals surface area contributed by atoms with E-state index in [4.69, 9.17) is 10.5 Å². The molecule has 0 aliphatic heterocycles. The molecule has 1 heterocycles. The van der Waals surface area contributed by atoms with Gasteiger partial charge in [-0.2, -0.15) is 11.3 Å². The Morgan fingerprint density at radius 1 is 1.39 bits per heavy atom. The minimum Gasteiger partial charge on any atom is -0.383 e. The van der Waals surface area contributed by atoms with Gasteiger partial charge in [0.25, 0.3) is 0 Å². The fourth-order valence-electron chi connectivity index (χ4n) is 2.31. The quantitative estimate of drug-likeness (QED) is 0.789. The number of ether oxygens (including phenoxy) is 1. The van der Waals surface area contributed by atoms with E-state index in [0.29, 0.717) is 5.92 Å². The minimum absolute atomic E-state index is 0.121. The molecule has 0 aromatic carbocycles. The van der Waals surface area contributed by atoms with Crippen molar-refractivity contribution in [1.82, 2.24) is 4.90 Å². The molecule has 0 aliphatic rings. The highest BCUT2D eigenvalue weighted by atomic mass is 32.1. The molecule has 2 atom stereocenters. The van der Waals surface area contributed by atoms with Crippen molar-refractivity contribution in [2.75, 3.05) is 26.8 Å². The number of methoxy groups -OCH3 is 1. The highest BCUT2D eigenvalue weighted by Crippen LogP contribution is 2.26. The fraction of sp³-hybridized carbons (Fsp3) is 0.714. The number of nitrogens with two attached hydrogens (primary N) is 1. The Hall–Kier alpha value is -0.420. The Balaban J connectivity index is 2.83. The van der Waals surface area contributed by atoms with Crippen LogP contribution in [0.4, 0.5) is 0 Å². The second kappa shape index (κ2) is 7.89. The Morgan fingerprint density at radius 3 is 2.56 bits per heavy atom. The van der Waals surface area contributed by atoms with E-state index in [2.05, 4.69) is 42.5 Å². The van der Waals surface area contributed by atoms with Crippen LogP contribution in [0.2, 0.25) is 0 Å². The SMILES string of the molecule is COCCN(CC(C)C)C(c1ccsc1)C(C)N. The van der Waals surface area contributed by atoms with Crippen molar-refractivity contribution in [2.24, 2.45) is 11.7 Å². The van der Waals surface area contributed by atoms with Gasteiger partial charge in [0, 0.05) is 26.2 Å². The molecule has 0 fully saturated rings. The largest absolute Gasteiger partial charge is 0.383 e. The topological polar surface area (TPSA) is 38.5 Å². The third-order valence-corrected chi connectivity index (χ3v) is 3.66. The second-order valence-corrected chi connectivity index (χ2v) is 6.02. The predicted molar refractivity (Wildman–Crippen MR) is 79.0 cm³/mol. The number of rotatable bonds is 8. The average Bonchev–Trinajstić information content (AvgIpc) is 2.78. The van der Waals surface area contributed by atoms with E-state index >= 15 is 0 Å². The molecule has 0 spiro atoms. The Labute approximate surface area is 115 Å². The summed E-state index contributed by atoms with van der Waals surface area (Å²) < 4.78 is 5.22. The zero-order valence-electron chi connectivity index (χ0n) is 11.9. The van der Waals surface area contributed by atoms with E-state index in [-0.39, 0.29) is 12.1 Å². The predicted octanol–water partition coefficient (Wildman–Crippen LogP) is 2.74. The highest BCUT2D eigenvalue weighted by molar-refractivity contribution is 7.07. The molecule has 0 aliphatic carbocycles. The maximum atomic E-state index is 6.20. The first kappa shape index (κ1) is 15.6. The van der Waals surface area contributed by atoms with Gasteiger partial charge in [-0.1, -0.05) is 13.8 Å². The number of hydrogen-bond donors (Lipinski definition) is 1. The maximum absolute atomic E-state index is 6.20. The van der Waals surface area contributed by atoms with Gasteiger partial charge in [-0.15, -0.1) is 0 Å². The maximum Gasteiger partial charge on any atom is 0.0589 e. The Morgan fingerprint density at radius 2 is 2.11 bits per heavy atom. The van der Waals surface area contributed by atoms with Gasteiger partial charge in [-0.3, -0.25) is 4.90 Å². The third kappa shape index (κ3) is 4.69. The molecule has 0 saturated carbocycles. The summed E-state index contributed by atoms with van der Waals surface area (Å²) in [5.74, 6) is 0.627. The first-order chi connectivity index (χ1) is 8.56. The molecular formula is C14H26N2OS. The molecule has 3 nitrogen and oxygen atoms in total. The molecule has 18 heavy (non-hydrogen) atoms. The first-order valence-electron chi connectivity index (χ1n) is 6.57. The molecule has 4 heteroatoms. The van der Waals surface area contributed by atoms with Crippen molar-refractivity contribution in [1.29, 1.82) is 0 Å². The van der Waals surface area contributed by atoms with Crippen LogP contribution in [0.1, 0.15) is 32.4 Å². The van der Waals surface area contributed by atoms with Crippen molar-refractivity contribution >= 4 is 11.3 Å². The minimum atomic E-state index is 0.121. The number of hydrogen-bond acceptors (Lipinski definition) is 4. The van der Waals surface area contributed by atoms with Gasteiger partial charge in [0.05, 0.1) is 12.6 Å². The summed E-state index contributed by atoms with van der Waals surface area (Å²) in [6, 6.07) is 2.59. The van der Waals surface area contributed by atoms with E-state index < -0.39 is 0 Å². The van der Waals surface area contributed by atoms with Gasteiger partial charge in [0.15, 0.2) is 0 Å². The number of nitrogens with zero attached hydrogens (tertiary/aromatic N) is 1. The summed E-state index contributed by atoms with van der Waals surface area (Å²) >= 11 is 1.73. The molecule has 104 valence electrons. The summed E-state index contributed by atoms with van der Waals surface area (Å²) in [5, 5.41) is 4.32. The molecular weight excluding hydrogens is 244 g/mol. The molecule has 0 saturated heterocycles. The second-order valence-electron chi connectivity index (χ2n) is 5.24. The van der Waals surface area contributed by atoms with Gasteiger partial charge in [0.2, 0.25) is 0 Å². The lowest BCUT2D eigenvalue weighted by Crippen LogP contribution is -2.42. The van der Waals surface area contributed by atoms with Crippen molar-refractivity contribution < 1.29 is 4.74 Å². The molecule has 1 aromatic rings. The fourth-order valence-corrected chi connectivity index (χ4v) is 3.00. The number of thiophene rings is 1. The third-order valence-electron chi connectivity index (χ3n) is 2.96. The zero-order chi connectivity index (χ0) is 13.5. The van der Waals surface area contributed by atoms with Gasteiger partial charge >= 0.3 is 0 Å². The summed E-state index contributed by atoms with van der Waals surface area (Å²) in [6.45, 7) is 9.29. The van der Waals surface area contributed by atoms with Crippen molar-refractivity contribution in [3.63, 3.8) is 0 Å². The average molecular weight is 270 g/mol. The van der Waals surface area contributed by atoms with Gasteiger partial charge in [-0.05, 0) is 35.2 Å². The van der Waals surface area contributed by atoms with Crippen LogP contribution in [0.3, 0.4) is 0 Å². The molecule has 2 N–H and O–H groups in total. The van der Waals surface area contributed by atoms with Crippen LogP contribution in [0.5, 0.6) is 0 Å². The van der Waals surface area contributed by atoms with Crippen LogP contribution in [0, 0.1) is 5.92 Å². The lowest BCUT2D eigenvalue weighted by Gasteiger charge is -2.35. The molecule has 2 unspecified atom stereocenters. The van der Waals surface area contributed by atoms with E-state index in [1.165, 1.54) is 5.56 Å². The van der Waals surface area contributed by atoms with Crippen LogP contribution >= 0.6 is 11.3 Å². The van der Waals surface area contributed by atoms with Crippen LogP contribution in [-0.4, -0.2) is 37.7 Å². The molecule has 1 aromatic heterocycles. The summed E-state index contributed by atoms with van der Waals surface area (Å²) in [4.78, 5) is 2.45. The molecule has 0 radical (unpaired) electrons. The van der Waals surface area contributed by atoms with Crippen molar-refractivity contribution in [3.05, 3.63) is 22.4 Å². The lowest BCUT2D eigenvalue weighted by atomic mass is 10.0. The van der Waals surface area contributed by atoms with E-state index in [1.54, 1.807) is 18.4 Å². The smallest absolute Gasteiger partial charge is 0.0589 e. The summed E-state index contributed by atoms with van der Waals surface area (Å²) in [6.07, 6.45) is 0. The van der Waals surface area contributed by atoms with Gasteiger partial charge in [0.1, 0.15) is 0 Å². The lowest BCUT2D eigenvalue weighted by molar-refractivity contribution is 0.101. The van der Waals surface area contributed by atoms with Crippen LogP contribution in [-0.2, 0) is 4.74 Å². The van der Waals surface area contributed by atoms with Crippen molar-refractivity contribution in [3.8, 4) is 0 Å². The van der Waals surface area contributed by atoms with Gasteiger partial charge < -0.3 is 10.5 Å². The van der Waals surface area contributed by atoms with Crippen LogP contribution < -0.4 is 5.73 Å². The summed E-state index contributed by atoms with van der Waals surface area (Å²) in [5.41, 5.74) is 7.52. The van der Waals surface area contributed by atoms with E-state index in [0.717, 1.165) is 19.7 Å². The molecule has 0 amide bonds. The molecule has 0 bridgehead atoms. The highest BCUT2D eigenvalue weighted by Gasteiger charge is 2.24. The van der Waals surface area contributed by atoms with Gasteiger partial charge in [-0.25, -0.2) is 0 Å². The standard InChI is InChI=1S/C14H26N2OS/c1-11(2)9-16(6-7-17-4)14(12(3)15)13-5-8-18-10-13/h5,8,10-12,14H,6-7,9,15H2,1-4H3. The monoisotopic (exact) mass is 270 g/mol. The van der Waals surface area contributed by atoms with E-state index in [1.807, 2.05) is 0 Å². The van der Waals surface area contributed by atoms with Crippen LogP contribution in [0.15, 0.2) is 16.8 Å². The van der Waals surface area contributed by atoms with Crippen molar-refractivity contribution in [2.45, 2.75) is 32.9 Å². The Kier molecular flexibility index (Phi) is 6.86. The zero-order valence-corrected chi connectivity index (χ0v) is 12.7. The first-order valence-corrected chi connectivity index (χ1v) is 7.51. The van der Waals surface area contributed by atoms with E-state index in [9.17, 15) is 0 Å². The Bertz CT molecular complexity index is 312. The van der Waals surface area contributed by atoms with Crippen LogP contribution in [0.25, 0.3) is 0 Å². The normalized spacial score (nSPS) is 15.3. The molecule has 1 rings (SSSR count).